The molecule has 0 unspecified atom stereocenters. The van der Waals surface area contributed by atoms with E-state index in [-0.39, 0.29) is 64.7 Å². The number of ketones is 1. The molecule has 31 heavy (non-hydrogen) atoms. The van der Waals surface area contributed by atoms with Crippen LogP contribution in [0.5, 0.6) is 23.0 Å². The molecule has 168 valence electrons. The van der Waals surface area contributed by atoms with Gasteiger partial charge in [0, 0.05) is 41.9 Å². The minimum absolute atomic E-state index is 0.0175. The van der Waals surface area contributed by atoms with Crippen molar-refractivity contribution in [1.29, 1.82) is 0 Å². The number of phenolic OH excluding ortho intramolecular Hbond substituents is 2. The molecule has 1 aliphatic rings. The van der Waals surface area contributed by atoms with Crippen LogP contribution >= 0.6 is 0 Å². The monoisotopic (exact) mass is 432 g/mol. The Morgan fingerprint density at radius 1 is 1.13 bits per heavy atom. The van der Waals surface area contributed by atoms with E-state index in [1.807, 2.05) is 6.92 Å². The molecule has 0 radical (unpaired) electrons. The lowest BCUT2D eigenvalue weighted by molar-refractivity contribution is 0.0838. The summed E-state index contributed by atoms with van der Waals surface area (Å²) in [6.07, 6.45) is -0.308. The number of Topliss-reactive ketones (excluding diaryl/α,β-unsaturated/α-hetero) is 1. The molecule has 1 aromatic heterocycles. The summed E-state index contributed by atoms with van der Waals surface area (Å²) < 4.78 is 10.8. The summed E-state index contributed by atoms with van der Waals surface area (Å²) in [5.41, 5.74) is -0.543. The molecule has 0 saturated carbocycles. The number of ether oxygens (including phenoxy) is 1. The van der Waals surface area contributed by atoms with E-state index in [1.54, 1.807) is 20.8 Å². The number of hydrogen-bond donors (Lipinski definition) is 4. The summed E-state index contributed by atoms with van der Waals surface area (Å²) in [6, 6.07) is 0. The van der Waals surface area contributed by atoms with Gasteiger partial charge in [0.2, 0.25) is 0 Å². The number of carbonyl (C=O) groups excluding carboxylic acids is 1. The molecule has 1 aromatic carbocycles. The summed E-state index contributed by atoms with van der Waals surface area (Å²) in [5, 5.41) is 42.4. The van der Waals surface area contributed by atoms with Gasteiger partial charge >= 0.3 is 5.63 Å². The quantitative estimate of drug-likeness (QED) is 0.511. The van der Waals surface area contributed by atoms with Crippen LogP contribution in [0, 0.1) is 12.8 Å². The first-order valence-corrected chi connectivity index (χ1v) is 10.4. The molecule has 2 heterocycles. The number of aromatic hydroxyl groups is 3. The average molecular weight is 432 g/mol. The molecule has 2 aromatic rings. The minimum atomic E-state index is -0.896. The fourth-order valence-electron chi connectivity index (χ4n) is 3.84. The van der Waals surface area contributed by atoms with Gasteiger partial charge in [0.25, 0.3) is 0 Å². The summed E-state index contributed by atoms with van der Waals surface area (Å²) in [7, 11) is 0. The molecule has 0 bridgehead atoms. The van der Waals surface area contributed by atoms with Crippen LogP contribution in [0.25, 0.3) is 0 Å². The van der Waals surface area contributed by atoms with Gasteiger partial charge in [0.1, 0.15) is 40.9 Å². The van der Waals surface area contributed by atoms with E-state index in [0.717, 1.165) is 0 Å². The van der Waals surface area contributed by atoms with Crippen molar-refractivity contribution in [2.75, 3.05) is 6.61 Å². The molecule has 8 heteroatoms. The second-order valence-electron chi connectivity index (χ2n) is 8.00. The number of aliphatic hydroxyl groups excluding tert-OH is 1. The molecule has 4 N–H and O–H groups in total. The van der Waals surface area contributed by atoms with Crippen molar-refractivity contribution in [3.8, 4) is 23.0 Å². The first-order valence-electron chi connectivity index (χ1n) is 10.4. The highest BCUT2D eigenvalue weighted by molar-refractivity contribution is 6.04. The zero-order chi connectivity index (χ0) is 23.0. The van der Waals surface area contributed by atoms with Gasteiger partial charge in [-0.1, -0.05) is 20.8 Å². The normalized spacial score (nSPS) is 16.5. The Kier molecular flexibility index (Phi) is 6.31. The molecule has 0 saturated heterocycles. The van der Waals surface area contributed by atoms with E-state index in [1.165, 1.54) is 0 Å². The van der Waals surface area contributed by atoms with Crippen molar-refractivity contribution >= 4 is 5.78 Å². The van der Waals surface area contributed by atoms with E-state index in [2.05, 4.69) is 0 Å². The Morgan fingerprint density at radius 3 is 2.42 bits per heavy atom. The van der Waals surface area contributed by atoms with E-state index < -0.39 is 23.4 Å². The number of fused-ring (bicyclic) bond motifs is 1. The molecular weight excluding hydrogens is 404 g/mol. The number of aliphatic hydroxyl groups is 1. The topological polar surface area (TPSA) is 137 Å². The Labute approximate surface area is 179 Å². The Bertz CT molecular complexity index is 1080. The molecule has 0 amide bonds. The maximum atomic E-state index is 13.0. The first-order chi connectivity index (χ1) is 14.6. The molecule has 3 rings (SSSR count). The van der Waals surface area contributed by atoms with Gasteiger partial charge in [0.05, 0.1) is 11.7 Å². The van der Waals surface area contributed by atoms with Crippen molar-refractivity contribution in [2.24, 2.45) is 5.92 Å². The summed E-state index contributed by atoms with van der Waals surface area (Å²) in [6.45, 7) is 6.86. The molecule has 0 fully saturated rings. The van der Waals surface area contributed by atoms with Crippen molar-refractivity contribution in [3.05, 3.63) is 44.0 Å². The Morgan fingerprint density at radius 2 is 1.81 bits per heavy atom. The largest absolute Gasteiger partial charge is 0.507 e. The summed E-state index contributed by atoms with van der Waals surface area (Å²) in [4.78, 5) is 25.5. The second-order valence-corrected chi connectivity index (χ2v) is 8.00. The first kappa shape index (κ1) is 22.7. The number of hydrogen-bond acceptors (Lipinski definition) is 8. The molecule has 0 spiro atoms. The summed E-state index contributed by atoms with van der Waals surface area (Å²) in [5.74, 6) is -1.58. The standard InChI is InChI=1S/C23H28O8/c1-5-10(3)18(25)17-21(28)13(20(27)14-7-12(24)9-30-22(14)17)8-15-19(26)11(4)16(6-2)31-23(15)29/h10,12,24,26-28H,5-9H2,1-4H3/t10-,12-/m0/s1. The van der Waals surface area contributed by atoms with E-state index >= 15 is 0 Å². The molecule has 8 nitrogen and oxygen atoms in total. The third kappa shape index (κ3) is 3.87. The van der Waals surface area contributed by atoms with Gasteiger partial charge in [0.15, 0.2) is 5.78 Å². The number of carbonyl (C=O) groups is 1. The predicted octanol–water partition coefficient (Wildman–Crippen LogP) is 2.74. The molecule has 0 aliphatic carbocycles. The van der Waals surface area contributed by atoms with Crippen LogP contribution in [0.3, 0.4) is 0 Å². The maximum absolute atomic E-state index is 13.0. The number of benzene rings is 1. The highest BCUT2D eigenvalue weighted by Gasteiger charge is 2.34. The fraction of sp³-hybridized carbons (Fsp3) is 0.478. The van der Waals surface area contributed by atoms with Crippen molar-refractivity contribution in [3.63, 3.8) is 0 Å². The van der Waals surface area contributed by atoms with Gasteiger partial charge in [-0.3, -0.25) is 4.79 Å². The predicted molar refractivity (Wildman–Crippen MR) is 112 cm³/mol. The van der Waals surface area contributed by atoms with Crippen molar-refractivity contribution < 1.29 is 34.4 Å². The van der Waals surface area contributed by atoms with E-state index in [4.69, 9.17) is 9.15 Å². The van der Waals surface area contributed by atoms with Gasteiger partial charge in [-0.25, -0.2) is 4.79 Å². The van der Waals surface area contributed by atoms with Gasteiger partial charge in [-0.05, 0) is 13.3 Å². The van der Waals surface area contributed by atoms with Crippen LogP contribution < -0.4 is 10.4 Å². The van der Waals surface area contributed by atoms with Crippen molar-refractivity contribution in [2.45, 2.75) is 59.5 Å². The SMILES string of the molecule is CCc1oc(=O)c(Cc2c(O)c3c(c(C(=O)[C@@H](C)CC)c2O)OC[C@@H](O)C3)c(O)c1C. The van der Waals surface area contributed by atoms with Gasteiger partial charge in [-0.2, -0.15) is 0 Å². The molecule has 1 aliphatic heterocycles. The van der Waals surface area contributed by atoms with Gasteiger partial charge in [-0.15, -0.1) is 0 Å². The van der Waals surface area contributed by atoms with Crippen LogP contribution in [-0.4, -0.2) is 38.9 Å². The number of aryl methyl sites for hydroxylation is 1. The number of rotatable bonds is 6. The Hall–Kier alpha value is -3.00. The lowest BCUT2D eigenvalue weighted by Gasteiger charge is -2.27. The van der Waals surface area contributed by atoms with Crippen molar-refractivity contribution in [1.82, 2.24) is 0 Å². The Balaban J connectivity index is 2.25. The van der Waals surface area contributed by atoms with Crippen LogP contribution in [0.4, 0.5) is 0 Å². The van der Waals surface area contributed by atoms with Crippen LogP contribution in [0.15, 0.2) is 9.21 Å². The fourth-order valence-corrected chi connectivity index (χ4v) is 3.84. The zero-order valence-electron chi connectivity index (χ0n) is 18.1. The molecular formula is C23H28O8. The molecule has 2 atom stereocenters. The summed E-state index contributed by atoms with van der Waals surface area (Å²) >= 11 is 0. The maximum Gasteiger partial charge on any atom is 0.343 e. The lowest BCUT2D eigenvalue weighted by Crippen LogP contribution is -2.28. The second kappa shape index (κ2) is 8.63. The highest BCUT2D eigenvalue weighted by atomic mass is 16.5. The smallest absolute Gasteiger partial charge is 0.343 e. The van der Waals surface area contributed by atoms with E-state index in [0.29, 0.717) is 24.2 Å². The highest BCUT2D eigenvalue weighted by Crippen LogP contribution is 2.47. The average Bonchev–Trinajstić information content (AvgIpc) is 2.75. The van der Waals surface area contributed by atoms with Crippen LogP contribution in [0.1, 0.15) is 65.6 Å². The van der Waals surface area contributed by atoms with E-state index in [9.17, 15) is 30.0 Å². The lowest BCUT2D eigenvalue weighted by atomic mass is 9.87. The van der Waals surface area contributed by atoms with Crippen LogP contribution in [0.2, 0.25) is 0 Å². The third-order valence-corrected chi connectivity index (χ3v) is 5.96. The minimum Gasteiger partial charge on any atom is -0.507 e. The zero-order valence-corrected chi connectivity index (χ0v) is 18.1. The van der Waals surface area contributed by atoms with Crippen LogP contribution in [-0.2, 0) is 19.3 Å². The third-order valence-electron chi connectivity index (χ3n) is 5.96. The van der Waals surface area contributed by atoms with Gasteiger partial charge < -0.3 is 29.6 Å². The number of phenols is 2.